The van der Waals surface area contributed by atoms with Gasteiger partial charge in [-0.05, 0) is 55.2 Å². The Balaban J connectivity index is 1.86. The number of amides is 2. The summed E-state index contributed by atoms with van der Waals surface area (Å²) < 4.78 is 1.01. The Hall–Kier alpha value is -2.14. The lowest BCUT2D eigenvalue weighted by Crippen LogP contribution is -2.38. The van der Waals surface area contributed by atoms with Crippen LogP contribution in [-0.2, 0) is 15.0 Å². The van der Waals surface area contributed by atoms with E-state index in [0.717, 1.165) is 47.0 Å². The molecule has 28 heavy (non-hydrogen) atoms. The predicted molar refractivity (Wildman–Crippen MR) is 118 cm³/mol. The molecule has 148 valence electrons. The van der Waals surface area contributed by atoms with E-state index in [1.54, 1.807) is 0 Å². The summed E-state index contributed by atoms with van der Waals surface area (Å²) in [7, 11) is 0. The topological polar surface area (TPSA) is 58.2 Å². The van der Waals surface area contributed by atoms with Crippen molar-refractivity contribution in [3.8, 4) is 0 Å². The third-order valence-electron chi connectivity index (χ3n) is 5.57. The molecule has 0 bridgehead atoms. The second-order valence-corrected chi connectivity index (χ2v) is 8.84. The monoisotopic (exact) mass is 442 g/mol. The number of rotatable bonds is 5. The zero-order valence-electron chi connectivity index (χ0n) is 16.6. The Morgan fingerprint density at radius 1 is 1.00 bits per heavy atom. The van der Waals surface area contributed by atoms with Gasteiger partial charge in [-0.2, -0.15) is 0 Å². The fraction of sp³-hybridized carbons (Fsp3) is 0.391. The maximum atomic E-state index is 13.4. The molecule has 2 amide bonds. The molecule has 1 fully saturated rings. The molecule has 0 aliphatic heterocycles. The summed E-state index contributed by atoms with van der Waals surface area (Å²) in [6.45, 7) is 5.67. The van der Waals surface area contributed by atoms with Gasteiger partial charge in [-0.1, -0.05) is 60.8 Å². The molecule has 2 aromatic rings. The third kappa shape index (κ3) is 4.30. The number of nitrogens with one attached hydrogen (secondary N) is 2. The van der Waals surface area contributed by atoms with Gasteiger partial charge in [0.15, 0.2) is 0 Å². The summed E-state index contributed by atoms with van der Waals surface area (Å²) in [5, 5.41) is 6.05. The molecule has 1 saturated carbocycles. The van der Waals surface area contributed by atoms with E-state index < -0.39 is 5.41 Å². The van der Waals surface area contributed by atoms with Gasteiger partial charge in [0.25, 0.3) is 0 Å². The van der Waals surface area contributed by atoms with Gasteiger partial charge < -0.3 is 10.6 Å². The average Bonchev–Trinajstić information content (AvgIpc) is 3.16. The minimum absolute atomic E-state index is 0.0303. The highest BCUT2D eigenvalue weighted by Crippen LogP contribution is 2.42. The van der Waals surface area contributed by atoms with Crippen molar-refractivity contribution in [1.29, 1.82) is 0 Å². The van der Waals surface area contributed by atoms with E-state index in [0.29, 0.717) is 5.69 Å². The van der Waals surface area contributed by atoms with Crippen LogP contribution in [0.3, 0.4) is 0 Å². The number of benzene rings is 2. The van der Waals surface area contributed by atoms with Crippen LogP contribution in [-0.4, -0.2) is 11.8 Å². The zero-order valence-corrected chi connectivity index (χ0v) is 18.2. The van der Waals surface area contributed by atoms with Crippen LogP contribution < -0.4 is 10.6 Å². The Kier molecular flexibility index (Phi) is 6.23. The van der Waals surface area contributed by atoms with Gasteiger partial charge in [-0.25, -0.2) is 0 Å². The van der Waals surface area contributed by atoms with Crippen molar-refractivity contribution in [1.82, 2.24) is 0 Å². The molecule has 4 nitrogen and oxygen atoms in total. The zero-order chi connectivity index (χ0) is 20.3. The van der Waals surface area contributed by atoms with Crippen molar-refractivity contribution in [2.24, 2.45) is 5.92 Å². The van der Waals surface area contributed by atoms with Crippen LogP contribution in [0.5, 0.6) is 0 Å². The van der Waals surface area contributed by atoms with Crippen molar-refractivity contribution >= 4 is 39.1 Å². The lowest BCUT2D eigenvalue weighted by atomic mass is 9.78. The SMILES string of the molecule is Cc1ccc(NC(=O)C(C)C)cc1NC(=O)C1(c2ccc(Br)cc2)CCCC1. The first kappa shape index (κ1) is 20.6. The van der Waals surface area contributed by atoms with Crippen molar-refractivity contribution in [2.45, 2.75) is 51.9 Å². The predicted octanol–water partition coefficient (Wildman–Crippen LogP) is 5.80. The highest BCUT2D eigenvalue weighted by molar-refractivity contribution is 9.10. The van der Waals surface area contributed by atoms with Crippen molar-refractivity contribution < 1.29 is 9.59 Å². The molecule has 2 aromatic carbocycles. The highest BCUT2D eigenvalue weighted by Gasteiger charge is 2.42. The smallest absolute Gasteiger partial charge is 0.235 e. The molecule has 0 heterocycles. The second-order valence-electron chi connectivity index (χ2n) is 7.92. The van der Waals surface area contributed by atoms with Crippen LogP contribution in [0.2, 0.25) is 0 Å². The summed E-state index contributed by atoms with van der Waals surface area (Å²) in [4.78, 5) is 25.4. The summed E-state index contributed by atoms with van der Waals surface area (Å²) in [5.41, 5.74) is 2.98. The number of hydrogen-bond acceptors (Lipinski definition) is 2. The minimum atomic E-state index is -0.496. The van der Waals surface area contributed by atoms with Crippen LogP contribution in [0.15, 0.2) is 46.9 Å². The standard InChI is InChI=1S/C23H27BrN2O2/c1-15(2)21(27)25-19-11-6-16(3)20(14-19)26-22(28)23(12-4-5-13-23)17-7-9-18(24)10-8-17/h6-11,14-15H,4-5,12-13H2,1-3H3,(H,25,27)(H,26,28). The summed E-state index contributed by atoms with van der Waals surface area (Å²) >= 11 is 3.47. The van der Waals surface area contributed by atoms with Crippen LogP contribution in [0.1, 0.15) is 50.7 Å². The van der Waals surface area contributed by atoms with E-state index in [4.69, 9.17) is 0 Å². The van der Waals surface area contributed by atoms with E-state index in [1.165, 1.54) is 0 Å². The number of halogens is 1. The van der Waals surface area contributed by atoms with Gasteiger partial charge in [0, 0.05) is 21.8 Å². The second kappa shape index (κ2) is 8.48. The van der Waals surface area contributed by atoms with Crippen molar-refractivity contribution in [2.75, 3.05) is 10.6 Å². The molecule has 0 aromatic heterocycles. The summed E-state index contributed by atoms with van der Waals surface area (Å²) in [6, 6.07) is 13.7. The molecule has 0 radical (unpaired) electrons. The Labute approximate surface area is 175 Å². The van der Waals surface area contributed by atoms with Crippen molar-refractivity contribution in [3.05, 3.63) is 58.1 Å². The molecule has 0 atom stereocenters. The van der Waals surface area contributed by atoms with Crippen LogP contribution in [0.25, 0.3) is 0 Å². The van der Waals surface area contributed by atoms with Gasteiger partial charge in [0.1, 0.15) is 0 Å². The number of hydrogen-bond donors (Lipinski definition) is 2. The van der Waals surface area contributed by atoms with E-state index >= 15 is 0 Å². The molecule has 0 unspecified atom stereocenters. The van der Waals surface area contributed by atoms with Crippen molar-refractivity contribution in [3.63, 3.8) is 0 Å². The lowest BCUT2D eigenvalue weighted by molar-refractivity contribution is -0.121. The first-order valence-corrected chi connectivity index (χ1v) is 10.6. The number of carbonyl (C=O) groups excluding carboxylic acids is 2. The van der Waals surface area contributed by atoms with Crippen LogP contribution in [0, 0.1) is 12.8 Å². The normalized spacial score (nSPS) is 15.5. The fourth-order valence-electron chi connectivity index (χ4n) is 3.76. The Morgan fingerprint density at radius 3 is 2.25 bits per heavy atom. The molecule has 5 heteroatoms. The molecular formula is C23H27BrN2O2. The molecule has 0 spiro atoms. The summed E-state index contributed by atoms with van der Waals surface area (Å²) in [5.74, 6) is -0.107. The van der Waals surface area contributed by atoms with Gasteiger partial charge in [-0.3, -0.25) is 9.59 Å². The molecule has 0 saturated heterocycles. The number of carbonyl (C=O) groups is 2. The maximum absolute atomic E-state index is 13.4. The van der Waals surface area contributed by atoms with Gasteiger partial charge >= 0.3 is 0 Å². The first-order chi connectivity index (χ1) is 13.3. The quantitative estimate of drug-likeness (QED) is 0.614. The van der Waals surface area contributed by atoms with Crippen LogP contribution in [0.4, 0.5) is 11.4 Å². The van der Waals surface area contributed by atoms with Gasteiger partial charge in [-0.15, -0.1) is 0 Å². The average molecular weight is 443 g/mol. The summed E-state index contributed by atoms with van der Waals surface area (Å²) in [6.07, 6.45) is 3.80. The molecular weight excluding hydrogens is 416 g/mol. The van der Waals surface area contributed by atoms with E-state index in [1.807, 2.05) is 63.2 Å². The maximum Gasteiger partial charge on any atom is 0.235 e. The Morgan fingerprint density at radius 2 is 1.64 bits per heavy atom. The fourth-order valence-corrected chi connectivity index (χ4v) is 4.02. The van der Waals surface area contributed by atoms with E-state index in [2.05, 4.69) is 26.6 Å². The van der Waals surface area contributed by atoms with E-state index in [9.17, 15) is 9.59 Å². The van der Waals surface area contributed by atoms with Gasteiger partial charge in [0.2, 0.25) is 11.8 Å². The van der Waals surface area contributed by atoms with Gasteiger partial charge in [0.05, 0.1) is 5.41 Å². The largest absolute Gasteiger partial charge is 0.326 e. The Bertz CT molecular complexity index is 869. The first-order valence-electron chi connectivity index (χ1n) is 9.81. The molecule has 1 aliphatic rings. The van der Waals surface area contributed by atoms with Crippen LogP contribution >= 0.6 is 15.9 Å². The molecule has 1 aliphatic carbocycles. The molecule has 3 rings (SSSR count). The van der Waals surface area contributed by atoms with E-state index in [-0.39, 0.29) is 17.7 Å². The lowest BCUT2D eigenvalue weighted by Gasteiger charge is -2.29. The minimum Gasteiger partial charge on any atom is -0.326 e. The number of anilines is 2. The molecule has 2 N–H and O–H groups in total. The highest BCUT2D eigenvalue weighted by atomic mass is 79.9. The third-order valence-corrected chi connectivity index (χ3v) is 6.09. The number of aryl methyl sites for hydroxylation is 1.